The molecule has 0 radical (unpaired) electrons. The summed E-state index contributed by atoms with van der Waals surface area (Å²) >= 11 is 0. The fraction of sp³-hybridized carbons (Fsp3) is 0.828. The van der Waals surface area contributed by atoms with Gasteiger partial charge in [0.25, 0.3) is 0 Å². The van der Waals surface area contributed by atoms with E-state index in [1.165, 1.54) is 36.8 Å². The summed E-state index contributed by atoms with van der Waals surface area (Å²) in [5.74, 6) is 3.39. The van der Waals surface area contributed by atoms with Crippen LogP contribution in [0, 0.1) is 35.0 Å². The van der Waals surface area contributed by atoms with Gasteiger partial charge in [-0.3, -0.25) is 0 Å². The lowest BCUT2D eigenvalue weighted by atomic mass is 9.77. The average Bonchev–Trinajstić information content (AvgIpc) is 2.74. The maximum Gasteiger partial charge on any atom is 0.0374 e. The minimum atomic E-state index is 0.305. The van der Waals surface area contributed by atoms with Gasteiger partial charge in [0, 0.05) is 11.8 Å². The number of hydrogen-bond acceptors (Lipinski definition) is 2. The van der Waals surface area contributed by atoms with Gasteiger partial charge in [-0.1, -0.05) is 73.0 Å². The fourth-order valence-electron chi connectivity index (χ4n) is 4.59. The van der Waals surface area contributed by atoms with Gasteiger partial charge in [-0.05, 0) is 101 Å². The summed E-state index contributed by atoms with van der Waals surface area (Å²) in [6.07, 6.45) is 8.44. The summed E-state index contributed by atoms with van der Waals surface area (Å²) in [7, 11) is 4.27. The van der Waals surface area contributed by atoms with Gasteiger partial charge < -0.3 is 10.3 Å². The standard InChI is InChI=1S/C29H56N2/c1-13-20(3)21(4)16-18-28(14-2)23(6)19-24(7)29(30)27(10)26(9)22(5)15-17-25(8)31(11)12/h20-21,23-25,28,30H,5,13-19H2,1-4,6-12H3. The van der Waals surface area contributed by atoms with Crippen LogP contribution in [0.1, 0.15) is 107 Å². The molecule has 0 aromatic carbocycles. The molecule has 1 N–H and O–H groups in total. The third kappa shape index (κ3) is 10.5. The van der Waals surface area contributed by atoms with E-state index in [0.717, 1.165) is 48.3 Å². The zero-order valence-electron chi connectivity index (χ0n) is 23.1. The molecular formula is C29H56N2. The van der Waals surface area contributed by atoms with E-state index in [1.807, 2.05) is 0 Å². The van der Waals surface area contributed by atoms with Crippen LogP contribution in [0.2, 0.25) is 0 Å². The summed E-state index contributed by atoms with van der Waals surface area (Å²) in [5, 5.41) is 8.84. The molecule has 182 valence electrons. The summed E-state index contributed by atoms with van der Waals surface area (Å²) < 4.78 is 0. The molecular weight excluding hydrogens is 376 g/mol. The summed E-state index contributed by atoms with van der Waals surface area (Å²) in [4.78, 5) is 2.26. The van der Waals surface area contributed by atoms with Crippen LogP contribution in [0.5, 0.6) is 0 Å². The lowest BCUT2D eigenvalue weighted by Crippen LogP contribution is -2.24. The highest BCUT2D eigenvalue weighted by molar-refractivity contribution is 5.99. The van der Waals surface area contributed by atoms with Crippen LogP contribution in [0.15, 0.2) is 23.3 Å². The van der Waals surface area contributed by atoms with Crippen LogP contribution >= 0.6 is 0 Å². The molecule has 0 fully saturated rings. The smallest absolute Gasteiger partial charge is 0.0374 e. The van der Waals surface area contributed by atoms with Crippen molar-refractivity contribution in [3.63, 3.8) is 0 Å². The molecule has 0 saturated heterocycles. The number of nitrogens with one attached hydrogen (secondary N) is 1. The molecule has 0 aromatic rings. The molecule has 0 rings (SSSR count). The quantitative estimate of drug-likeness (QED) is 0.191. The highest BCUT2D eigenvalue weighted by atomic mass is 15.1. The highest BCUT2D eigenvalue weighted by Crippen LogP contribution is 2.32. The predicted molar refractivity (Wildman–Crippen MR) is 142 cm³/mol. The van der Waals surface area contributed by atoms with Crippen molar-refractivity contribution in [2.24, 2.45) is 29.6 Å². The first-order valence-corrected chi connectivity index (χ1v) is 13.0. The molecule has 0 aromatic heterocycles. The Morgan fingerprint density at radius 1 is 0.806 bits per heavy atom. The summed E-state index contributed by atoms with van der Waals surface area (Å²) in [6.45, 7) is 25.0. The lowest BCUT2D eigenvalue weighted by Gasteiger charge is -2.28. The first kappa shape index (κ1) is 30.1. The fourth-order valence-corrected chi connectivity index (χ4v) is 4.59. The van der Waals surface area contributed by atoms with Crippen molar-refractivity contribution in [1.82, 2.24) is 4.90 Å². The lowest BCUT2D eigenvalue weighted by molar-refractivity contribution is 0.251. The van der Waals surface area contributed by atoms with Gasteiger partial charge in [-0.15, -0.1) is 0 Å². The Hall–Kier alpha value is -0.890. The SMILES string of the molecule is C=C(CCC(C)N(C)C)C(C)=C(C)C(=N)C(C)CC(C)C(CC)CCC(C)C(C)CC. The van der Waals surface area contributed by atoms with Crippen LogP contribution in [0.4, 0.5) is 0 Å². The van der Waals surface area contributed by atoms with E-state index in [9.17, 15) is 0 Å². The second-order valence-corrected chi connectivity index (χ2v) is 10.8. The van der Waals surface area contributed by atoms with Gasteiger partial charge in [-0.25, -0.2) is 0 Å². The number of rotatable bonds is 16. The van der Waals surface area contributed by atoms with Crippen LogP contribution in [-0.2, 0) is 0 Å². The van der Waals surface area contributed by atoms with Crippen LogP contribution in [0.3, 0.4) is 0 Å². The Bertz CT molecular complexity index is 571. The van der Waals surface area contributed by atoms with Crippen molar-refractivity contribution in [3.8, 4) is 0 Å². The molecule has 6 atom stereocenters. The minimum absolute atomic E-state index is 0.305. The molecule has 0 heterocycles. The van der Waals surface area contributed by atoms with Gasteiger partial charge in [0.1, 0.15) is 0 Å². The van der Waals surface area contributed by atoms with E-state index in [0.29, 0.717) is 17.9 Å². The number of allylic oxidation sites excluding steroid dienone is 3. The minimum Gasteiger partial charge on any atom is -0.307 e. The molecule has 0 amide bonds. The van der Waals surface area contributed by atoms with Gasteiger partial charge in [0.2, 0.25) is 0 Å². The topological polar surface area (TPSA) is 27.1 Å². The zero-order chi connectivity index (χ0) is 24.3. The second kappa shape index (κ2) is 15.0. The predicted octanol–water partition coefficient (Wildman–Crippen LogP) is 8.78. The third-order valence-electron chi connectivity index (χ3n) is 8.40. The zero-order valence-corrected chi connectivity index (χ0v) is 23.1. The normalized spacial score (nSPS) is 18.7. The molecule has 0 aliphatic heterocycles. The van der Waals surface area contributed by atoms with Gasteiger partial charge >= 0.3 is 0 Å². The Morgan fingerprint density at radius 3 is 1.87 bits per heavy atom. The maximum absolute atomic E-state index is 8.84. The molecule has 0 bridgehead atoms. The Balaban J connectivity index is 4.91. The van der Waals surface area contributed by atoms with Gasteiger partial charge in [-0.2, -0.15) is 0 Å². The first-order chi connectivity index (χ1) is 14.4. The molecule has 0 aliphatic rings. The van der Waals surface area contributed by atoms with Crippen molar-refractivity contribution < 1.29 is 0 Å². The van der Waals surface area contributed by atoms with E-state index >= 15 is 0 Å². The van der Waals surface area contributed by atoms with Crippen molar-refractivity contribution in [3.05, 3.63) is 23.3 Å². The first-order valence-electron chi connectivity index (χ1n) is 13.0. The van der Waals surface area contributed by atoms with E-state index in [-0.39, 0.29) is 0 Å². The van der Waals surface area contributed by atoms with Crippen LogP contribution in [-0.4, -0.2) is 30.7 Å². The highest BCUT2D eigenvalue weighted by Gasteiger charge is 2.23. The molecule has 2 heteroatoms. The van der Waals surface area contributed by atoms with E-state index in [2.05, 4.69) is 87.9 Å². The molecule has 2 nitrogen and oxygen atoms in total. The molecule has 0 saturated carbocycles. The van der Waals surface area contributed by atoms with E-state index in [1.54, 1.807) is 0 Å². The number of nitrogens with zero attached hydrogens (tertiary/aromatic N) is 1. The Morgan fingerprint density at radius 2 is 1.39 bits per heavy atom. The largest absolute Gasteiger partial charge is 0.307 e. The molecule has 31 heavy (non-hydrogen) atoms. The van der Waals surface area contributed by atoms with Crippen molar-refractivity contribution in [2.45, 2.75) is 113 Å². The van der Waals surface area contributed by atoms with E-state index in [4.69, 9.17) is 5.41 Å². The number of hydrogen-bond donors (Lipinski definition) is 1. The van der Waals surface area contributed by atoms with Crippen LogP contribution in [0.25, 0.3) is 0 Å². The monoisotopic (exact) mass is 432 g/mol. The van der Waals surface area contributed by atoms with Crippen molar-refractivity contribution in [1.29, 1.82) is 5.41 Å². The third-order valence-corrected chi connectivity index (χ3v) is 8.40. The maximum atomic E-state index is 8.84. The van der Waals surface area contributed by atoms with Crippen LogP contribution < -0.4 is 0 Å². The van der Waals surface area contributed by atoms with Crippen molar-refractivity contribution in [2.75, 3.05) is 14.1 Å². The van der Waals surface area contributed by atoms with Crippen molar-refractivity contribution >= 4 is 5.71 Å². The molecule has 0 spiro atoms. The average molecular weight is 433 g/mol. The summed E-state index contributed by atoms with van der Waals surface area (Å²) in [5.41, 5.74) is 4.38. The Kier molecular flexibility index (Phi) is 14.6. The molecule has 0 aliphatic carbocycles. The van der Waals surface area contributed by atoms with Gasteiger partial charge in [0.15, 0.2) is 0 Å². The Labute approximate surface area is 196 Å². The summed E-state index contributed by atoms with van der Waals surface area (Å²) in [6, 6.07) is 0.554. The molecule has 6 unspecified atom stereocenters. The van der Waals surface area contributed by atoms with Gasteiger partial charge in [0.05, 0.1) is 0 Å². The van der Waals surface area contributed by atoms with E-state index < -0.39 is 0 Å². The second-order valence-electron chi connectivity index (χ2n) is 10.8.